The first kappa shape index (κ1) is 17.3. The highest BCUT2D eigenvalue weighted by Gasteiger charge is 2.12. The third kappa shape index (κ3) is 4.95. The molecule has 0 aliphatic carbocycles. The van der Waals surface area contributed by atoms with Crippen molar-refractivity contribution in [2.45, 2.75) is 19.2 Å². The minimum atomic E-state index is -3.41. The summed E-state index contributed by atoms with van der Waals surface area (Å²) in [5, 5.41) is 0. The Labute approximate surface area is 147 Å². The predicted molar refractivity (Wildman–Crippen MR) is 98.1 cm³/mol. The average Bonchev–Trinajstić information content (AvgIpc) is 2.61. The van der Waals surface area contributed by atoms with Gasteiger partial charge in [0.1, 0.15) is 0 Å². The van der Waals surface area contributed by atoms with Gasteiger partial charge < -0.3 is 0 Å². The third-order valence-corrected chi connectivity index (χ3v) is 5.01. The number of sulfonamides is 1. The van der Waals surface area contributed by atoms with Gasteiger partial charge in [-0.25, -0.2) is 13.1 Å². The number of benzene rings is 1. The first-order valence-electron chi connectivity index (χ1n) is 7.90. The molecule has 0 saturated heterocycles. The summed E-state index contributed by atoms with van der Waals surface area (Å²) < 4.78 is 27.3. The van der Waals surface area contributed by atoms with Crippen molar-refractivity contribution in [3.63, 3.8) is 0 Å². The highest BCUT2D eigenvalue weighted by molar-refractivity contribution is 7.88. The van der Waals surface area contributed by atoms with E-state index in [4.69, 9.17) is 0 Å². The van der Waals surface area contributed by atoms with Crippen LogP contribution in [0.5, 0.6) is 0 Å². The van der Waals surface area contributed by atoms with Gasteiger partial charge in [-0.3, -0.25) is 9.97 Å². The molecule has 0 amide bonds. The van der Waals surface area contributed by atoms with Crippen molar-refractivity contribution < 1.29 is 8.42 Å². The van der Waals surface area contributed by atoms with Gasteiger partial charge >= 0.3 is 0 Å². The van der Waals surface area contributed by atoms with Gasteiger partial charge in [0.2, 0.25) is 10.0 Å². The molecular weight excluding hydrogens is 334 g/mol. The number of aryl methyl sites for hydroxylation is 1. The zero-order chi connectivity index (χ0) is 17.7. The standard InChI is InChI=1S/C19H19N3O2S/c1-15-4-2-5-17(10-15)14-25(23,24)22-12-16-7-9-21-19(11-16)18-6-3-8-20-13-18/h2-11,13,22H,12,14H2,1H3. The molecule has 0 aliphatic heterocycles. The fraction of sp³-hybridized carbons (Fsp3) is 0.158. The highest BCUT2D eigenvalue weighted by Crippen LogP contribution is 2.16. The van der Waals surface area contributed by atoms with Gasteiger partial charge in [-0.2, -0.15) is 0 Å². The van der Waals surface area contributed by atoms with Crippen LogP contribution in [0.2, 0.25) is 0 Å². The summed E-state index contributed by atoms with van der Waals surface area (Å²) >= 11 is 0. The summed E-state index contributed by atoms with van der Waals surface area (Å²) in [7, 11) is -3.41. The van der Waals surface area contributed by atoms with Crippen LogP contribution in [0.15, 0.2) is 67.1 Å². The van der Waals surface area contributed by atoms with E-state index in [0.29, 0.717) is 0 Å². The second-order valence-electron chi connectivity index (χ2n) is 5.86. The first-order chi connectivity index (χ1) is 12.0. The Balaban J connectivity index is 1.69. The number of hydrogen-bond acceptors (Lipinski definition) is 4. The molecule has 25 heavy (non-hydrogen) atoms. The number of pyridine rings is 2. The summed E-state index contributed by atoms with van der Waals surface area (Å²) in [6.45, 7) is 2.17. The van der Waals surface area contributed by atoms with Crippen molar-refractivity contribution >= 4 is 10.0 Å². The van der Waals surface area contributed by atoms with E-state index >= 15 is 0 Å². The molecule has 2 aromatic heterocycles. The molecule has 3 rings (SSSR count). The lowest BCUT2D eigenvalue weighted by molar-refractivity contribution is 0.580. The van der Waals surface area contributed by atoms with E-state index in [2.05, 4.69) is 14.7 Å². The summed E-state index contributed by atoms with van der Waals surface area (Å²) in [5.74, 6) is -0.0325. The van der Waals surface area contributed by atoms with Crippen molar-refractivity contribution in [1.29, 1.82) is 0 Å². The molecule has 6 heteroatoms. The fourth-order valence-electron chi connectivity index (χ4n) is 2.52. The zero-order valence-electron chi connectivity index (χ0n) is 13.9. The molecule has 2 heterocycles. The SMILES string of the molecule is Cc1cccc(CS(=O)(=O)NCc2ccnc(-c3cccnc3)c2)c1. The van der Waals surface area contributed by atoms with Crippen LogP contribution in [0.4, 0.5) is 0 Å². The maximum absolute atomic E-state index is 12.3. The third-order valence-electron chi connectivity index (χ3n) is 3.72. The predicted octanol–water partition coefficient (Wildman–Crippen LogP) is 3.07. The van der Waals surface area contributed by atoms with Crippen LogP contribution in [0.3, 0.4) is 0 Å². The van der Waals surface area contributed by atoms with Crippen molar-refractivity contribution in [3.8, 4) is 11.3 Å². The van der Waals surface area contributed by atoms with E-state index in [-0.39, 0.29) is 12.3 Å². The van der Waals surface area contributed by atoms with Crippen molar-refractivity contribution in [2.24, 2.45) is 0 Å². The van der Waals surface area contributed by atoms with Crippen molar-refractivity contribution in [2.75, 3.05) is 0 Å². The van der Waals surface area contributed by atoms with Crippen LogP contribution < -0.4 is 4.72 Å². The lowest BCUT2D eigenvalue weighted by Crippen LogP contribution is -2.24. The lowest BCUT2D eigenvalue weighted by atomic mass is 10.1. The molecule has 0 saturated carbocycles. The second kappa shape index (κ2) is 7.55. The molecule has 5 nitrogen and oxygen atoms in total. The average molecular weight is 353 g/mol. The van der Waals surface area contributed by atoms with Gasteiger partial charge in [-0.15, -0.1) is 0 Å². The van der Waals surface area contributed by atoms with Gasteiger partial charge in [0, 0.05) is 30.7 Å². The number of hydrogen-bond donors (Lipinski definition) is 1. The molecule has 0 unspecified atom stereocenters. The molecule has 3 aromatic rings. The smallest absolute Gasteiger partial charge is 0.216 e. The molecule has 1 N–H and O–H groups in total. The van der Waals surface area contributed by atoms with Crippen LogP contribution in [-0.4, -0.2) is 18.4 Å². The number of nitrogens with zero attached hydrogens (tertiary/aromatic N) is 2. The minimum Gasteiger partial charge on any atom is -0.264 e. The first-order valence-corrected chi connectivity index (χ1v) is 9.55. The van der Waals surface area contributed by atoms with E-state index < -0.39 is 10.0 Å². The van der Waals surface area contributed by atoms with E-state index in [1.165, 1.54) is 0 Å². The number of nitrogens with one attached hydrogen (secondary N) is 1. The Morgan fingerprint density at radius 1 is 1.00 bits per heavy atom. The normalized spacial score (nSPS) is 11.4. The summed E-state index contributed by atoms with van der Waals surface area (Å²) in [6, 6.07) is 14.9. The highest BCUT2D eigenvalue weighted by atomic mass is 32.2. The van der Waals surface area contributed by atoms with E-state index in [0.717, 1.165) is 27.9 Å². The molecule has 128 valence electrons. The summed E-state index contributed by atoms with van der Waals surface area (Å²) in [4.78, 5) is 8.39. The monoisotopic (exact) mass is 353 g/mol. The van der Waals surface area contributed by atoms with Crippen molar-refractivity contribution in [3.05, 3.63) is 83.8 Å². The van der Waals surface area contributed by atoms with Crippen LogP contribution >= 0.6 is 0 Å². The van der Waals surface area contributed by atoms with Crippen LogP contribution in [-0.2, 0) is 22.3 Å². The molecule has 1 aromatic carbocycles. The Kier molecular flexibility index (Phi) is 5.21. The fourth-order valence-corrected chi connectivity index (χ4v) is 3.63. The molecule has 0 spiro atoms. The maximum atomic E-state index is 12.3. The zero-order valence-corrected chi connectivity index (χ0v) is 14.7. The van der Waals surface area contributed by atoms with Gasteiger partial charge in [-0.1, -0.05) is 29.8 Å². The minimum absolute atomic E-state index is 0.0325. The second-order valence-corrected chi connectivity index (χ2v) is 7.67. The van der Waals surface area contributed by atoms with Gasteiger partial charge in [-0.05, 0) is 42.3 Å². The van der Waals surface area contributed by atoms with Crippen molar-refractivity contribution in [1.82, 2.24) is 14.7 Å². The molecule has 0 atom stereocenters. The Bertz CT molecular complexity index is 957. The quantitative estimate of drug-likeness (QED) is 0.739. The molecule has 0 bridgehead atoms. The largest absolute Gasteiger partial charge is 0.264 e. The Morgan fingerprint density at radius 3 is 2.64 bits per heavy atom. The van der Waals surface area contributed by atoms with E-state index in [1.54, 1.807) is 24.7 Å². The van der Waals surface area contributed by atoms with Crippen LogP contribution in [0, 0.1) is 6.92 Å². The Morgan fingerprint density at radius 2 is 1.88 bits per heavy atom. The summed E-state index contributed by atoms with van der Waals surface area (Å²) in [6.07, 6.45) is 5.10. The molecular formula is C19H19N3O2S. The van der Waals surface area contributed by atoms with Crippen LogP contribution in [0.1, 0.15) is 16.7 Å². The number of aromatic nitrogens is 2. The van der Waals surface area contributed by atoms with Gasteiger partial charge in [0.25, 0.3) is 0 Å². The molecule has 0 aliphatic rings. The van der Waals surface area contributed by atoms with E-state index in [9.17, 15) is 8.42 Å². The molecule has 0 fully saturated rings. The Hall–Kier alpha value is -2.57. The lowest BCUT2D eigenvalue weighted by Gasteiger charge is -2.08. The van der Waals surface area contributed by atoms with Crippen LogP contribution in [0.25, 0.3) is 11.3 Å². The number of rotatable bonds is 6. The van der Waals surface area contributed by atoms with Gasteiger partial charge in [0.15, 0.2) is 0 Å². The maximum Gasteiger partial charge on any atom is 0.216 e. The molecule has 0 radical (unpaired) electrons. The van der Waals surface area contributed by atoms with Gasteiger partial charge in [0.05, 0.1) is 11.4 Å². The van der Waals surface area contributed by atoms with E-state index in [1.807, 2.05) is 49.4 Å². The topological polar surface area (TPSA) is 72.0 Å². The summed E-state index contributed by atoms with van der Waals surface area (Å²) in [5.41, 5.74) is 4.33.